The van der Waals surface area contributed by atoms with Crippen LogP contribution in [0.1, 0.15) is 5.69 Å². The van der Waals surface area contributed by atoms with E-state index in [2.05, 4.69) is 4.98 Å². The SMILES string of the molecule is CO[Si](CCc1ccccn1)(OC)OC.Cl. The van der Waals surface area contributed by atoms with E-state index in [-0.39, 0.29) is 12.4 Å². The van der Waals surface area contributed by atoms with Crippen LogP contribution in [0, 0.1) is 0 Å². The van der Waals surface area contributed by atoms with Crippen LogP contribution in [0.2, 0.25) is 6.04 Å². The largest absolute Gasteiger partial charge is 0.500 e. The Morgan fingerprint density at radius 3 is 2.19 bits per heavy atom. The van der Waals surface area contributed by atoms with Crippen molar-refractivity contribution in [2.75, 3.05) is 21.3 Å². The highest BCUT2D eigenvalue weighted by molar-refractivity contribution is 6.60. The van der Waals surface area contributed by atoms with E-state index >= 15 is 0 Å². The minimum Gasteiger partial charge on any atom is -0.377 e. The molecule has 4 nitrogen and oxygen atoms in total. The minimum atomic E-state index is -2.44. The van der Waals surface area contributed by atoms with Crippen LogP contribution in [0.15, 0.2) is 24.4 Å². The van der Waals surface area contributed by atoms with E-state index in [1.807, 2.05) is 18.2 Å². The lowest BCUT2D eigenvalue weighted by atomic mass is 10.3. The molecule has 0 amide bonds. The van der Waals surface area contributed by atoms with E-state index in [1.54, 1.807) is 27.5 Å². The molecule has 1 aromatic rings. The summed E-state index contributed by atoms with van der Waals surface area (Å²) in [5.74, 6) is 0. The van der Waals surface area contributed by atoms with Gasteiger partial charge in [0.15, 0.2) is 0 Å². The zero-order valence-electron chi connectivity index (χ0n) is 9.80. The third-order valence-electron chi connectivity index (χ3n) is 2.35. The molecular weight excluding hydrogens is 246 g/mol. The van der Waals surface area contributed by atoms with E-state index in [0.717, 1.165) is 18.2 Å². The summed E-state index contributed by atoms with van der Waals surface area (Å²) in [6, 6.07) is 6.60. The first kappa shape index (κ1) is 15.5. The maximum absolute atomic E-state index is 5.32. The molecule has 1 heterocycles. The Kier molecular flexibility index (Phi) is 7.53. The first-order valence-corrected chi connectivity index (χ1v) is 6.75. The van der Waals surface area contributed by atoms with Gasteiger partial charge in [-0.3, -0.25) is 4.98 Å². The molecule has 0 atom stereocenters. The molecule has 16 heavy (non-hydrogen) atoms. The molecule has 0 aliphatic rings. The van der Waals surface area contributed by atoms with Gasteiger partial charge in [-0.25, -0.2) is 0 Å². The second-order valence-electron chi connectivity index (χ2n) is 3.12. The summed E-state index contributed by atoms with van der Waals surface area (Å²) in [7, 11) is 2.43. The van der Waals surface area contributed by atoms with Crippen LogP contribution in [0.5, 0.6) is 0 Å². The average Bonchev–Trinajstić information content (AvgIpc) is 2.33. The third-order valence-corrected chi connectivity index (χ3v) is 5.07. The summed E-state index contributed by atoms with van der Waals surface area (Å²) in [5, 5.41) is 0. The molecule has 0 spiro atoms. The maximum atomic E-state index is 5.32. The van der Waals surface area contributed by atoms with Crippen LogP contribution in [0.4, 0.5) is 0 Å². The Morgan fingerprint density at radius 1 is 1.12 bits per heavy atom. The van der Waals surface area contributed by atoms with Gasteiger partial charge >= 0.3 is 8.80 Å². The molecule has 0 N–H and O–H groups in total. The van der Waals surface area contributed by atoms with Crippen molar-refractivity contribution in [2.45, 2.75) is 12.5 Å². The topological polar surface area (TPSA) is 40.6 Å². The molecule has 0 aliphatic carbocycles. The van der Waals surface area contributed by atoms with Crippen molar-refractivity contribution < 1.29 is 13.3 Å². The molecule has 0 saturated heterocycles. The van der Waals surface area contributed by atoms with Gasteiger partial charge in [-0.05, 0) is 18.6 Å². The smallest absolute Gasteiger partial charge is 0.377 e. The zero-order chi connectivity index (χ0) is 11.1. The standard InChI is InChI=1S/C10H17NO3Si.ClH/c1-12-15(13-2,14-3)9-7-10-6-4-5-8-11-10;/h4-6,8H,7,9H2,1-3H3;1H. The van der Waals surface area contributed by atoms with E-state index < -0.39 is 8.80 Å². The summed E-state index contributed by atoms with van der Waals surface area (Å²) >= 11 is 0. The first-order valence-electron chi connectivity index (χ1n) is 4.81. The molecule has 0 bridgehead atoms. The Hall–Kier alpha value is -0.463. The number of hydrogen-bond acceptors (Lipinski definition) is 4. The molecule has 1 aromatic heterocycles. The molecule has 0 saturated carbocycles. The van der Waals surface area contributed by atoms with Gasteiger partial charge in [0, 0.05) is 39.3 Å². The van der Waals surface area contributed by atoms with Crippen molar-refractivity contribution in [2.24, 2.45) is 0 Å². The Labute approximate surface area is 104 Å². The van der Waals surface area contributed by atoms with Crippen molar-refractivity contribution in [3.8, 4) is 0 Å². The third kappa shape index (κ3) is 4.19. The highest BCUT2D eigenvalue weighted by atomic mass is 35.5. The van der Waals surface area contributed by atoms with E-state index in [4.69, 9.17) is 13.3 Å². The van der Waals surface area contributed by atoms with Crippen LogP contribution in [-0.2, 0) is 19.7 Å². The van der Waals surface area contributed by atoms with Crippen molar-refractivity contribution in [1.29, 1.82) is 0 Å². The predicted octanol–water partition coefficient (Wildman–Crippen LogP) is 1.92. The number of aryl methyl sites for hydroxylation is 1. The molecule has 6 heteroatoms. The maximum Gasteiger partial charge on any atom is 0.500 e. The van der Waals surface area contributed by atoms with E-state index in [1.165, 1.54) is 0 Å². The molecule has 0 aliphatic heterocycles. The highest BCUT2D eigenvalue weighted by Crippen LogP contribution is 2.15. The number of pyridine rings is 1. The molecule has 0 aromatic carbocycles. The fourth-order valence-electron chi connectivity index (χ4n) is 1.38. The lowest BCUT2D eigenvalue weighted by molar-refractivity contribution is 0.123. The second-order valence-corrected chi connectivity index (χ2v) is 6.21. The number of halogens is 1. The van der Waals surface area contributed by atoms with Gasteiger partial charge in [-0.1, -0.05) is 6.07 Å². The molecule has 0 unspecified atom stereocenters. The van der Waals surface area contributed by atoms with Crippen molar-refractivity contribution in [3.63, 3.8) is 0 Å². The monoisotopic (exact) mass is 263 g/mol. The van der Waals surface area contributed by atoms with E-state index in [0.29, 0.717) is 0 Å². The fraction of sp³-hybridized carbons (Fsp3) is 0.500. The minimum absolute atomic E-state index is 0. The van der Waals surface area contributed by atoms with Crippen molar-refractivity contribution in [1.82, 2.24) is 4.98 Å². The van der Waals surface area contributed by atoms with Crippen LogP contribution in [0.3, 0.4) is 0 Å². The lowest BCUT2D eigenvalue weighted by Gasteiger charge is -2.23. The molecule has 1 rings (SSSR count). The number of aromatic nitrogens is 1. The number of rotatable bonds is 6. The fourth-order valence-corrected chi connectivity index (χ4v) is 3.06. The summed E-state index contributed by atoms with van der Waals surface area (Å²) < 4.78 is 16.0. The number of nitrogens with zero attached hydrogens (tertiary/aromatic N) is 1. The summed E-state index contributed by atoms with van der Waals surface area (Å²) in [6.07, 6.45) is 2.59. The van der Waals surface area contributed by atoms with Crippen molar-refractivity contribution in [3.05, 3.63) is 30.1 Å². The Morgan fingerprint density at radius 2 is 1.75 bits per heavy atom. The van der Waals surface area contributed by atoms with E-state index in [9.17, 15) is 0 Å². The summed E-state index contributed by atoms with van der Waals surface area (Å²) in [5.41, 5.74) is 1.03. The number of hydrogen-bond donors (Lipinski definition) is 0. The Balaban J connectivity index is 0.00000225. The Bertz CT molecular complexity index is 274. The van der Waals surface area contributed by atoms with Crippen LogP contribution in [0.25, 0.3) is 0 Å². The predicted molar refractivity (Wildman–Crippen MR) is 66.8 cm³/mol. The average molecular weight is 264 g/mol. The van der Waals surface area contributed by atoms with Crippen LogP contribution >= 0.6 is 12.4 Å². The van der Waals surface area contributed by atoms with Gasteiger partial charge in [0.1, 0.15) is 0 Å². The van der Waals surface area contributed by atoms with Gasteiger partial charge in [-0.15, -0.1) is 12.4 Å². The molecular formula is C10H18ClNO3Si. The zero-order valence-corrected chi connectivity index (χ0v) is 11.6. The van der Waals surface area contributed by atoms with Crippen molar-refractivity contribution >= 4 is 21.2 Å². The van der Waals surface area contributed by atoms with Gasteiger partial charge in [-0.2, -0.15) is 0 Å². The summed E-state index contributed by atoms with van der Waals surface area (Å²) in [6.45, 7) is 0. The molecule has 0 radical (unpaired) electrons. The molecule has 0 fully saturated rings. The first-order chi connectivity index (χ1) is 7.26. The highest BCUT2D eigenvalue weighted by Gasteiger charge is 2.37. The molecule has 92 valence electrons. The van der Waals surface area contributed by atoms with Gasteiger partial charge in [0.05, 0.1) is 0 Å². The van der Waals surface area contributed by atoms with Gasteiger partial charge in [0.2, 0.25) is 0 Å². The van der Waals surface area contributed by atoms with Gasteiger partial charge < -0.3 is 13.3 Å². The van der Waals surface area contributed by atoms with Crippen LogP contribution < -0.4 is 0 Å². The lowest BCUT2D eigenvalue weighted by Crippen LogP contribution is -2.43. The van der Waals surface area contributed by atoms with Gasteiger partial charge in [0.25, 0.3) is 0 Å². The summed E-state index contributed by atoms with van der Waals surface area (Å²) in [4.78, 5) is 4.24. The second kappa shape index (κ2) is 7.75. The normalized spacial score (nSPS) is 10.9. The quantitative estimate of drug-likeness (QED) is 0.736. The van der Waals surface area contributed by atoms with Crippen LogP contribution in [-0.4, -0.2) is 35.1 Å².